The van der Waals surface area contributed by atoms with Gasteiger partial charge in [-0.3, -0.25) is 0 Å². The fourth-order valence-electron chi connectivity index (χ4n) is 3.84. The molecule has 0 saturated carbocycles. The third kappa shape index (κ3) is 4.44. The van der Waals surface area contributed by atoms with Gasteiger partial charge in [0.2, 0.25) is 0 Å². The van der Waals surface area contributed by atoms with Gasteiger partial charge in [0.05, 0.1) is 0 Å². The van der Waals surface area contributed by atoms with Gasteiger partial charge in [0.25, 0.3) is 0 Å². The summed E-state index contributed by atoms with van der Waals surface area (Å²) >= 11 is 0. The molecule has 0 saturated heterocycles. The second kappa shape index (κ2) is 9.55. The van der Waals surface area contributed by atoms with Crippen molar-refractivity contribution in [3.8, 4) is 0 Å². The second-order valence-electron chi connectivity index (χ2n) is 7.36. The third-order valence-electron chi connectivity index (χ3n) is 5.65. The fraction of sp³-hybridized carbons (Fsp3) is 0.286. The third-order valence-corrected chi connectivity index (χ3v) is 5.65. The van der Waals surface area contributed by atoms with Gasteiger partial charge in [0, 0.05) is 0 Å². The minimum Gasteiger partial charge on any atom is -0.0613 e. The monoisotopic (exact) mass is 368 g/mol. The van der Waals surface area contributed by atoms with Gasteiger partial charge in [-0.05, 0) is 69.5 Å². The predicted molar refractivity (Wildman–Crippen MR) is 125 cm³/mol. The van der Waals surface area contributed by atoms with Crippen LogP contribution in [0, 0.1) is 0 Å². The van der Waals surface area contributed by atoms with Crippen LogP contribution >= 0.6 is 0 Å². The Hall–Kier alpha value is -2.60. The van der Waals surface area contributed by atoms with Gasteiger partial charge in [-0.2, -0.15) is 0 Å². The Bertz CT molecular complexity index is 969. The van der Waals surface area contributed by atoms with Crippen LogP contribution in [0.2, 0.25) is 0 Å². The fourth-order valence-corrected chi connectivity index (χ4v) is 3.84. The molecule has 0 fully saturated rings. The highest BCUT2D eigenvalue weighted by Gasteiger charge is 2.01. The molecule has 144 valence electrons. The van der Waals surface area contributed by atoms with Crippen LogP contribution in [0.5, 0.6) is 0 Å². The molecule has 0 heteroatoms. The summed E-state index contributed by atoms with van der Waals surface area (Å²) in [6.07, 6.45) is 4.46. The molecule has 0 unspecified atom stereocenters. The summed E-state index contributed by atoms with van der Waals surface area (Å²) in [6.45, 7) is 8.82. The average Bonchev–Trinajstić information content (AvgIpc) is 2.77. The standard InChI is InChI=1S/2C14H16/c1-3-11-5-7-14-10-12(4-2)6-8-13(14)9-11;1-3-11-7-5-10-14-12(4-2)8-6-9-13(11)14/h2*5-10H,3-4H2,1-2H3. The Morgan fingerprint density at radius 3 is 1.25 bits per heavy atom. The molecule has 4 aromatic carbocycles. The lowest BCUT2D eigenvalue weighted by Gasteiger charge is -2.07. The molecule has 0 aromatic heterocycles. The second-order valence-corrected chi connectivity index (χ2v) is 7.36. The van der Waals surface area contributed by atoms with E-state index in [0.717, 1.165) is 25.7 Å². The lowest BCUT2D eigenvalue weighted by molar-refractivity contribution is 1.14. The van der Waals surface area contributed by atoms with E-state index >= 15 is 0 Å². The van der Waals surface area contributed by atoms with Crippen molar-refractivity contribution < 1.29 is 0 Å². The quantitative estimate of drug-likeness (QED) is 0.343. The number of hydrogen-bond donors (Lipinski definition) is 0. The molecule has 0 amide bonds. The first kappa shape index (κ1) is 20.1. The van der Waals surface area contributed by atoms with Crippen molar-refractivity contribution in [1.29, 1.82) is 0 Å². The summed E-state index contributed by atoms with van der Waals surface area (Å²) in [6, 6.07) is 26.7. The minimum absolute atomic E-state index is 1.12. The number of rotatable bonds is 4. The van der Waals surface area contributed by atoms with E-state index in [-0.39, 0.29) is 0 Å². The van der Waals surface area contributed by atoms with Gasteiger partial charge in [-0.15, -0.1) is 0 Å². The summed E-state index contributed by atoms with van der Waals surface area (Å²) < 4.78 is 0. The van der Waals surface area contributed by atoms with Crippen molar-refractivity contribution >= 4 is 21.5 Å². The molecule has 0 nitrogen and oxygen atoms in total. The molecule has 0 aliphatic rings. The summed E-state index contributed by atoms with van der Waals surface area (Å²) in [7, 11) is 0. The van der Waals surface area contributed by atoms with Crippen molar-refractivity contribution in [3.63, 3.8) is 0 Å². The molecule has 0 N–H and O–H groups in total. The average molecular weight is 369 g/mol. The summed E-state index contributed by atoms with van der Waals surface area (Å²) in [5, 5.41) is 5.58. The van der Waals surface area contributed by atoms with Crippen LogP contribution in [0.4, 0.5) is 0 Å². The number of aryl methyl sites for hydroxylation is 4. The highest BCUT2D eigenvalue weighted by Crippen LogP contribution is 2.23. The van der Waals surface area contributed by atoms with Crippen molar-refractivity contribution in [2.45, 2.75) is 53.4 Å². The molecule has 0 heterocycles. The molecule has 0 spiro atoms. The smallest absolute Gasteiger partial charge is 0.0149 e. The van der Waals surface area contributed by atoms with Crippen LogP contribution < -0.4 is 0 Å². The number of benzene rings is 4. The zero-order valence-corrected chi connectivity index (χ0v) is 17.8. The normalized spacial score (nSPS) is 10.7. The van der Waals surface area contributed by atoms with Crippen molar-refractivity contribution in [2.24, 2.45) is 0 Å². The molecule has 4 aromatic rings. The lowest BCUT2D eigenvalue weighted by Crippen LogP contribution is -1.87. The number of hydrogen-bond acceptors (Lipinski definition) is 0. The van der Waals surface area contributed by atoms with Crippen LogP contribution in [0.15, 0.2) is 72.8 Å². The van der Waals surface area contributed by atoms with Gasteiger partial charge in [-0.1, -0.05) is 100 Å². The first-order valence-electron chi connectivity index (χ1n) is 10.7. The Labute approximate surface area is 170 Å². The van der Waals surface area contributed by atoms with E-state index in [4.69, 9.17) is 0 Å². The summed E-state index contributed by atoms with van der Waals surface area (Å²) in [5.41, 5.74) is 5.75. The van der Waals surface area contributed by atoms with E-state index in [1.165, 1.54) is 43.8 Å². The zero-order valence-electron chi connectivity index (χ0n) is 17.8. The number of fused-ring (bicyclic) bond motifs is 2. The van der Waals surface area contributed by atoms with Crippen LogP contribution in [0.1, 0.15) is 49.9 Å². The SMILES string of the molecule is CCc1ccc2cc(CC)ccc2c1.CCc1cccc2c(CC)cccc12. The molecule has 0 aliphatic carbocycles. The molecular weight excluding hydrogens is 336 g/mol. The Morgan fingerprint density at radius 2 is 0.893 bits per heavy atom. The largest absolute Gasteiger partial charge is 0.0613 e. The maximum absolute atomic E-state index is 2.29. The Kier molecular flexibility index (Phi) is 6.87. The van der Waals surface area contributed by atoms with E-state index in [0.29, 0.717) is 0 Å². The molecule has 28 heavy (non-hydrogen) atoms. The maximum Gasteiger partial charge on any atom is -0.0149 e. The molecule has 0 atom stereocenters. The van der Waals surface area contributed by atoms with E-state index in [1.54, 1.807) is 0 Å². The first-order chi connectivity index (χ1) is 13.7. The highest BCUT2D eigenvalue weighted by molar-refractivity contribution is 5.88. The van der Waals surface area contributed by atoms with Crippen molar-refractivity contribution in [3.05, 3.63) is 95.1 Å². The maximum atomic E-state index is 2.29. The van der Waals surface area contributed by atoms with Crippen molar-refractivity contribution in [2.75, 3.05) is 0 Å². The summed E-state index contributed by atoms with van der Waals surface area (Å²) in [5.74, 6) is 0. The van der Waals surface area contributed by atoms with E-state index in [1.807, 2.05) is 0 Å². The molecule has 0 radical (unpaired) electrons. The minimum atomic E-state index is 1.12. The van der Waals surface area contributed by atoms with E-state index in [9.17, 15) is 0 Å². The Balaban J connectivity index is 0.000000161. The van der Waals surface area contributed by atoms with Gasteiger partial charge in [-0.25, -0.2) is 0 Å². The van der Waals surface area contributed by atoms with E-state index in [2.05, 4.69) is 100 Å². The van der Waals surface area contributed by atoms with Crippen LogP contribution in [0.25, 0.3) is 21.5 Å². The predicted octanol–water partition coefficient (Wildman–Crippen LogP) is 7.93. The van der Waals surface area contributed by atoms with Gasteiger partial charge in [0.15, 0.2) is 0 Å². The lowest BCUT2D eigenvalue weighted by atomic mass is 9.98. The molecule has 0 aliphatic heterocycles. The molecular formula is C28H32. The van der Waals surface area contributed by atoms with Gasteiger partial charge in [0.1, 0.15) is 0 Å². The first-order valence-corrected chi connectivity index (χ1v) is 10.7. The Morgan fingerprint density at radius 1 is 0.464 bits per heavy atom. The zero-order chi connectivity index (χ0) is 19.9. The highest BCUT2D eigenvalue weighted by atomic mass is 14.1. The van der Waals surface area contributed by atoms with Crippen molar-refractivity contribution in [1.82, 2.24) is 0 Å². The van der Waals surface area contributed by atoms with Crippen LogP contribution in [-0.4, -0.2) is 0 Å². The van der Waals surface area contributed by atoms with E-state index < -0.39 is 0 Å². The topological polar surface area (TPSA) is 0 Å². The van der Waals surface area contributed by atoms with Gasteiger partial charge < -0.3 is 0 Å². The van der Waals surface area contributed by atoms with Crippen LogP contribution in [0.3, 0.4) is 0 Å². The summed E-state index contributed by atoms with van der Waals surface area (Å²) in [4.78, 5) is 0. The van der Waals surface area contributed by atoms with Crippen LogP contribution in [-0.2, 0) is 25.7 Å². The van der Waals surface area contributed by atoms with Gasteiger partial charge >= 0.3 is 0 Å². The molecule has 4 rings (SSSR count). The molecule has 0 bridgehead atoms.